The molecule has 0 saturated carbocycles. The summed E-state index contributed by atoms with van der Waals surface area (Å²) in [4.78, 5) is 19.2. The van der Waals surface area contributed by atoms with Gasteiger partial charge in [0, 0.05) is 4.90 Å². The van der Waals surface area contributed by atoms with E-state index in [2.05, 4.69) is 15.3 Å². The van der Waals surface area contributed by atoms with Crippen LogP contribution in [0.3, 0.4) is 0 Å². The molecule has 1 aromatic heterocycles. The topological polar surface area (TPSA) is 57.8 Å². The van der Waals surface area contributed by atoms with Crippen LogP contribution < -0.4 is 10.9 Å². The first kappa shape index (κ1) is 12.4. The Balaban J connectivity index is 2.38. The fraction of sp³-hybridized carbons (Fsp3) is 0.0909. The Labute approximate surface area is 116 Å². The van der Waals surface area contributed by atoms with Crippen molar-refractivity contribution >= 4 is 45.9 Å². The molecule has 17 heavy (non-hydrogen) atoms. The van der Waals surface area contributed by atoms with Crippen molar-refractivity contribution in [3.05, 3.63) is 44.5 Å². The molecule has 0 unspecified atom stereocenters. The van der Waals surface area contributed by atoms with Crippen LogP contribution in [0.5, 0.6) is 0 Å². The first-order valence-electron chi connectivity index (χ1n) is 4.85. The lowest BCUT2D eigenvalue weighted by atomic mass is 10.3. The van der Waals surface area contributed by atoms with E-state index in [9.17, 15) is 4.79 Å². The normalized spacial score (nSPS) is 10.2. The van der Waals surface area contributed by atoms with Crippen LogP contribution in [-0.2, 0) is 0 Å². The number of aromatic amines is 1. The number of anilines is 2. The Morgan fingerprint density at radius 3 is 2.94 bits per heavy atom. The maximum absolute atomic E-state index is 11.4. The monoisotopic (exact) mass is 359 g/mol. The Hall–Kier alpha value is -1.02. The summed E-state index contributed by atoms with van der Waals surface area (Å²) in [6.45, 7) is 0. The summed E-state index contributed by atoms with van der Waals surface area (Å²) in [5, 5.41) is 3.17. The Morgan fingerprint density at radius 1 is 1.41 bits per heavy atom. The average Bonchev–Trinajstić information content (AvgIpc) is 2.35. The second-order valence-corrected chi connectivity index (χ2v) is 5.15. The number of hydrogen-bond acceptors (Lipinski definition) is 4. The molecule has 0 bridgehead atoms. The number of nitrogens with one attached hydrogen (secondary N) is 2. The number of H-pyrrole nitrogens is 1. The number of rotatable bonds is 3. The van der Waals surface area contributed by atoms with Crippen molar-refractivity contribution in [1.29, 1.82) is 0 Å². The molecule has 0 aliphatic rings. The molecule has 2 rings (SSSR count). The number of nitrogens with zero attached hydrogens (tertiary/aromatic N) is 1. The highest BCUT2D eigenvalue weighted by Crippen LogP contribution is 2.27. The van der Waals surface area contributed by atoms with Crippen LogP contribution in [-0.4, -0.2) is 16.2 Å². The summed E-state index contributed by atoms with van der Waals surface area (Å²) in [6, 6.07) is 7.91. The minimum absolute atomic E-state index is 0.135. The van der Waals surface area contributed by atoms with E-state index in [-0.39, 0.29) is 5.56 Å². The van der Waals surface area contributed by atoms with Crippen molar-refractivity contribution in [3.63, 3.8) is 0 Å². The molecule has 4 nitrogen and oxygen atoms in total. The minimum atomic E-state index is -0.135. The molecule has 0 atom stereocenters. The first-order chi connectivity index (χ1) is 8.22. The van der Waals surface area contributed by atoms with Crippen molar-refractivity contribution in [2.75, 3.05) is 11.6 Å². The molecule has 1 aromatic carbocycles. The maximum Gasteiger partial charge on any atom is 0.266 e. The van der Waals surface area contributed by atoms with E-state index in [1.807, 2.05) is 53.1 Å². The van der Waals surface area contributed by atoms with E-state index in [1.165, 1.54) is 6.33 Å². The van der Waals surface area contributed by atoms with Gasteiger partial charge in [-0.25, -0.2) is 4.98 Å². The molecule has 0 aliphatic carbocycles. The van der Waals surface area contributed by atoms with Gasteiger partial charge in [-0.2, -0.15) is 0 Å². The van der Waals surface area contributed by atoms with Gasteiger partial charge in [-0.1, -0.05) is 12.1 Å². The molecule has 0 aliphatic heterocycles. The smallest absolute Gasteiger partial charge is 0.266 e. The molecule has 88 valence electrons. The number of aromatic nitrogens is 2. The number of hydrogen-bond donors (Lipinski definition) is 2. The lowest BCUT2D eigenvalue weighted by molar-refractivity contribution is 1.10. The van der Waals surface area contributed by atoms with Gasteiger partial charge in [0.05, 0.1) is 12.0 Å². The van der Waals surface area contributed by atoms with Crippen molar-refractivity contribution in [2.45, 2.75) is 4.90 Å². The molecular weight excluding hydrogens is 349 g/mol. The second-order valence-electron chi connectivity index (χ2n) is 3.22. The van der Waals surface area contributed by atoms with E-state index >= 15 is 0 Å². The number of halogens is 1. The third-order valence-corrected chi connectivity index (χ3v) is 3.95. The molecule has 0 radical (unpaired) electrons. The van der Waals surface area contributed by atoms with E-state index in [0.29, 0.717) is 9.39 Å². The number of thioether (sulfide) groups is 1. The summed E-state index contributed by atoms with van der Waals surface area (Å²) in [6.07, 6.45) is 3.41. The number of benzene rings is 1. The second kappa shape index (κ2) is 5.54. The predicted molar refractivity (Wildman–Crippen MR) is 79.1 cm³/mol. The van der Waals surface area contributed by atoms with Crippen LogP contribution in [0, 0.1) is 3.57 Å². The highest BCUT2D eigenvalue weighted by molar-refractivity contribution is 14.1. The summed E-state index contributed by atoms with van der Waals surface area (Å²) in [5.74, 6) is 0.579. The first-order valence-corrected chi connectivity index (χ1v) is 7.16. The van der Waals surface area contributed by atoms with Crippen LogP contribution in [0.4, 0.5) is 11.5 Å². The van der Waals surface area contributed by atoms with Gasteiger partial charge in [0.15, 0.2) is 5.82 Å². The third kappa shape index (κ3) is 2.81. The maximum atomic E-state index is 11.4. The summed E-state index contributed by atoms with van der Waals surface area (Å²) >= 11 is 3.63. The molecule has 0 spiro atoms. The van der Waals surface area contributed by atoms with Crippen molar-refractivity contribution in [2.24, 2.45) is 0 Å². The summed E-state index contributed by atoms with van der Waals surface area (Å²) in [5.41, 5.74) is 0.820. The Morgan fingerprint density at radius 2 is 2.18 bits per heavy atom. The van der Waals surface area contributed by atoms with Crippen LogP contribution in [0.2, 0.25) is 0 Å². The molecule has 0 fully saturated rings. The SMILES string of the molecule is CSc1ccccc1Nc1nc[nH]c(=O)c1I. The van der Waals surface area contributed by atoms with Crippen molar-refractivity contribution < 1.29 is 0 Å². The third-order valence-electron chi connectivity index (χ3n) is 2.16. The van der Waals surface area contributed by atoms with Crippen molar-refractivity contribution in [1.82, 2.24) is 9.97 Å². The van der Waals surface area contributed by atoms with Crippen LogP contribution >= 0.6 is 34.4 Å². The fourth-order valence-electron chi connectivity index (χ4n) is 1.35. The highest BCUT2D eigenvalue weighted by Gasteiger charge is 2.07. The van der Waals surface area contributed by atoms with E-state index in [4.69, 9.17) is 0 Å². The van der Waals surface area contributed by atoms with Gasteiger partial charge < -0.3 is 10.3 Å². The molecule has 2 N–H and O–H groups in total. The van der Waals surface area contributed by atoms with Gasteiger partial charge in [0.2, 0.25) is 0 Å². The Kier molecular flexibility index (Phi) is 4.06. The van der Waals surface area contributed by atoms with Gasteiger partial charge in [-0.3, -0.25) is 4.79 Å². The standard InChI is InChI=1S/C11H10IN3OS/c1-17-8-5-3-2-4-7(8)15-10-9(12)11(16)14-6-13-10/h2-6H,1H3,(H2,13,14,15,16). The van der Waals surface area contributed by atoms with Gasteiger partial charge in [0.25, 0.3) is 5.56 Å². The predicted octanol–water partition coefficient (Wildman–Crippen LogP) is 2.84. The van der Waals surface area contributed by atoms with Crippen molar-refractivity contribution in [3.8, 4) is 0 Å². The van der Waals surface area contributed by atoms with Crippen LogP contribution in [0.25, 0.3) is 0 Å². The van der Waals surface area contributed by atoms with Crippen LogP contribution in [0.1, 0.15) is 0 Å². The zero-order chi connectivity index (χ0) is 12.3. The summed E-state index contributed by atoms with van der Waals surface area (Å²) in [7, 11) is 0. The molecule has 2 aromatic rings. The summed E-state index contributed by atoms with van der Waals surface area (Å²) < 4.78 is 0.556. The average molecular weight is 359 g/mol. The van der Waals surface area contributed by atoms with E-state index < -0.39 is 0 Å². The van der Waals surface area contributed by atoms with Gasteiger partial charge in [-0.15, -0.1) is 11.8 Å². The zero-order valence-electron chi connectivity index (χ0n) is 9.03. The van der Waals surface area contributed by atoms with Gasteiger partial charge >= 0.3 is 0 Å². The van der Waals surface area contributed by atoms with E-state index in [0.717, 1.165) is 10.6 Å². The lowest BCUT2D eigenvalue weighted by Gasteiger charge is -2.10. The molecule has 0 amide bonds. The van der Waals surface area contributed by atoms with Crippen LogP contribution in [0.15, 0.2) is 40.3 Å². The molecule has 0 saturated heterocycles. The molecular formula is C11H10IN3OS. The number of para-hydroxylation sites is 1. The van der Waals surface area contributed by atoms with Gasteiger partial charge in [-0.05, 0) is 41.0 Å². The Bertz CT molecular complexity index is 585. The zero-order valence-corrected chi connectivity index (χ0v) is 12.0. The quantitative estimate of drug-likeness (QED) is 0.654. The molecule has 6 heteroatoms. The molecule has 1 heterocycles. The highest BCUT2D eigenvalue weighted by atomic mass is 127. The van der Waals surface area contributed by atoms with E-state index in [1.54, 1.807) is 11.8 Å². The largest absolute Gasteiger partial charge is 0.338 e. The minimum Gasteiger partial charge on any atom is -0.338 e. The van der Waals surface area contributed by atoms with Gasteiger partial charge in [0.1, 0.15) is 3.57 Å². The fourth-order valence-corrected chi connectivity index (χ4v) is 2.33. The lowest BCUT2D eigenvalue weighted by Crippen LogP contribution is -2.13.